The highest BCUT2D eigenvalue weighted by molar-refractivity contribution is 5.98. The highest BCUT2D eigenvalue weighted by atomic mass is 16.5. The summed E-state index contributed by atoms with van der Waals surface area (Å²) in [5.41, 5.74) is 4.56. The van der Waals surface area contributed by atoms with E-state index in [0.717, 1.165) is 29.5 Å². The summed E-state index contributed by atoms with van der Waals surface area (Å²) in [7, 11) is 1.54. The molecule has 4 heterocycles. The lowest BCUT2D eigenvalue weighted by molar-refractivity contribution is 0.0254. The molecule has 1 N–H and O–H groups in total. The Hall–Kier alpha value is -4.39. The van der Waals surface area contributed by atoms with Crippen LogP contribution in [0.25, 0.3) is 33.6 Å². The smallest absolute Gasteiger partial charge is 0.257 e. The molecule has 0 saturated carbocycles. The predicted molar refractivity (Wildman–Crippen MR) is 152 cm³/mol. The van der Waals surface area contributed by atoms with Gasteiger partial charge in [0.1, 0.15) is 34.9 Å². The average Bonchev–Trinajstić information content (AvgIpc) is 3.46. The summed E-state index contributed by atoms with van der Waals surface area (Å²) in [6, 6.07) is 16.9. The molecule has 9 nitrogen and oxygen atoms in total. The second kappa shape index (κ2) is 11.6. The van der Waals surface area contributed by atoms with Gasteiger partial charge in [-0.15, -0.1) is 0 Å². The maximum Gasteiger partial charge on any atom is 0.257 e. The molecule has 2 aliphatic rings. The van der Waals surface area contributed by atoms with Crippen molar-refractivity contribution in [3.63, 3.8) is 0 Å². The molecule has 1 amide bonds. The number of pyridine rings is 1. The van der Waals surface area contributed by atoms with Gasteiger partial charge in [-0.2, -0.15) is 5.26 Å². The Kier molecular flexibility index (Phi) is 7.59. The van der Waals surface area contributed by atoms with Crippen LogP contribution in [0, 0.1) is 11.3 Å². The molecule has 4 aromatic rings. The van der Waals surface area contributed by atoms with Crippen LogP contribution in [0.1, 0.15) is 41.6 Å². The second-order valence-electron chi connectivity index (χ2n) is 10.4. The van der Waals surface area contributed by atoms with E-state index in [2.05, 4.69) is 11.1 Å². The number of aliphatic hydroxyl groups is 1. The predicted octanol–water partition coefficient (Wildman–Crippen LogP) is 5.20. The van der Waals surface area contributed by atoms with Gasteiger partial charge in [-0.1, -0.05) is 12.1 Å². The van der Waals surface area contributed by atoms with Crippen LogP contribution in [-0.4, -0.2) is 66.5 Å². The summed E-state index contributed by atoms with van der Waals surface area (Å²) >= 11 is 0. The van der Waals surface area contributed by atoms with Crippen LogP contribution in [0.5, 0.6) is 11.5 Å². The van der Waals surface area contributed by atoms with Gasteiger partial charge in [-0.25, -0.2) is 0 Å². The lowest BCUT2D eigenvalue weighted by Crippen LogP contribution is -2.40. The Morgan fingerprint density at radius 3 is 2.56 bits per heavy atom. The monoisotopic (exact) mass is 553 g/mol. The number of carbonyl (C=O) groups excluding carboxylic acids is 1. The van der Waals surface area contributed by atoms with Crippen molar-refractivity contribution < 1.29 is 28.5 Å². The number of piperidine rings is 1. The average molecular weight is 554 g/mol. The molecule has 2 aromatic carbocycles. The zero-order valence-electron chi connectivity index (χ0n) is 22.8. The van der Waals surface area contributed by atoms with E-state index in [1.807, 2.05) is 36.4 Å². The molecule has 210 valence electrons. The fourth-order valence-corrected chi connectivity index (χ4v) is 5.43. The fraction of sp³-hybridized carbons (Fsp3) is 0.344. The number of nitrogens with zero attached hydrogens (tertiary/aromatic N) is 3. The van der Waals surface area contributed by atoms with Gasteiger partial charge in [0.2, 0.25) is 0 Å². The van der Waals surface area contributed by atoms with E-state index in [1.54, 1.807) is 23.2 Å². The number of fused-ring (bicyclic) bond motifs is 1. The summed E-state index contributed by atoms with van der Waals surface area (Å²) in [5.74, 6) is 1.48. The first kappa shape index (κ1) is 26.8. The number of benzene rings is 2. The molecule has 2 aromatic heterocycles. The molecule has 2 aliphatic heterocycles. The van der Waals surface area contributed by atoms with Gasteiger partial charge in [0.15, 0.2) is 5.58 Å². The van der Waals surface area contributed by atoms with E-state index < -0.39 is 0 Å². The SMILES string of the molecule is COc1cc(-c2cc3nccc(-c4ccc(OC5CCOCC5)c(C#N)c4)c3o2)ccc1C(=O)N1CCC(O)CC1. The normalized spacial score (nSPS) is 16.5. The van der Waals surface area contributed by atoms with Crippen LogP contribution in [0.2, 0.25) is 0 Å². The number of ether oxygens (including phenoxy) is 3. The number of methoxy groups -OCH3 is 1. The molecule has 41 heavy (non-hydrogen) atoms. The molecule has 6 rings (SSSR count). The van der Waals surface area contributed by atoms with Crippen LogP contribution >= 0.6 is 0 Å². The first-order chi connectivity index (χ1) is 20.0. The molecule has 9 heteroatoms. The number of carbonyl (C=O) groups is 1. The minimum atomic E-state index is -0.357. The summed E-state index contributed by atoms with van der Waals surface area (Å²) in [5, 5.41) is 19.6. The number of furan rings is 1. The third kappa shape index (κ3) is 5.49. The topological polar surface area (TPSA) is 118 Å². The van der Waals surface area contributed by atoms with Crippen LogP contribution < -0.4 is 9.47 Å². The molecule has 0 radical (unpaired) electrons. The second-order valence-corrected chi connectivity index (χ2v) is 10.4. The number of nitriles is 1. The van der Waals surface area contributed by atoms with Gasteiger partial charge < -0.3 is 28.6 Å². The summed E-state index contributed by atoms with van der Waals surface area (Å²) in [4.78, 5) is 19.4. The van der Waals surface area contributed by atoms with Gasteiger partial charge >= 0.3 is 0 Å². The highest BCUT2D eigenvalue weighted by Gasteiger charge is 2.25. The Morgan fingerprint density at radius 2 is 1.80 bits per heavy atom. The molecule has 2 saturated heterocycles. The Balaban J connectivity index is 1.29. The lowest BCUT2D eigenvalue weighted by atomic mass is 10.0. The Bertz CT molecular complexity index is 1610. The third-order valence-corrected chi connectivity index (χ3v) is 7.75. The largest absolute Gasteiger partial charge is 0.496 e. The van der Waals surface area contributed by atoms with E-state index in [4.69, 9.17) is 18.6 Å². The van der Waals surface area contributed by atoms with Crippen molar-refractivity contribution in [2.45, 2.75) is 37.9 Å². The highest BCUT2D eigenvalue weighted by Crippen LogP contribution is 2.37. The van der Waals surface area contributed by atoms with Gasteiger partial charge in [-0.3, -0.25) is 9.78 Å². The fourth-order valence-electron chi connectivity index (χ4n) is 5.43. The van der Waals surface area contributed by atoms with E-state index in [9.17, 15) is 15.2 Å². The zero-order valence-corrected chi connectivity index (χ0v) is 22.8. The zero-order chi connectivity index (χ0) is 28.3. The quantitative estimate of drug-likeness (QED) is 0.346. The molecule has 0 atom stereocenters. The van der Waals surface area contributed by atoms with E-state index >= 15 is 0 Å². The van der Waals surface area contributed by atoms with Crippen LogP contribution in [0.15, 0.2) is 59.1 Å². The molecule has 0 bridgehead atoms. The Morgan fingerprint density at radius 1 is 1.02 bits per heavy atom. The molecular formula is C32H31N3O6. The number of aromatic nitrogens is 1. The standard InChI is InChI=1S/C32H31N3O6/c1-38-30-17-21(2-4-26(30)32(37)35-12-7-23(36)8-13-35)29-18-27-31(41-29)25(6-11-34-27)20-3-5-28(22(16-20)19-33)40-24-9-14-39-15-10-24/h2-6,11,16-18,23-24,36H,7-10,12-15H2,1H3. The first-order valence-electron chi connectivity index (χ1n) is 13.9. The van der Waals surface area contributed by atoms with E-state index in [-0.39, 0.29) is 18.1 Å². The summed E-state index contributed by atoms with van der Waals surface area (Å²) in [6.45, 7) is 2.35. The molecule has 0 aliphatic carbocycles. The lowest BCUT2D eigenvalue weighted by Gasteiger charge is -2.30. The van der Waals surface area contributed by atoms with Crippen molar-refractivity contribution in [1.82, 2.24) is 9.88 Å². The minimum Gasteiger partial charge on any atom is -0.496 e. The number of rotatable bonds is 6. The van der Waals surface area contributed by atoms with Gasteiger partial charge in [0.05, 0.1) is 37.6 Å². The van der Waals surface area contributed by atoms with Crippen molar-refractivity contribution >= 4 is 17.0 Å². The Labute approximate surface area is 237 Å². The number of likely N-dealkylation sites (tertiary alicyclic amines) is 1. The maximum atomic E-state index is 13.2. The van der Waals surface area contributed by atoms with Gasteiger partial charge in [-0.05, 0) is 48.7 Å². The van der Waals surface area contributed by atoms with Crippen LogP contribution in [0.4, 0.5) is 0 Å². The number of amides is 1. The summed E-state index contributed by atoms with van der Waals surface area (Å²) < 4.78 is 23.5. The number of hydrogen-bond donors (Lipinski definition) is 1. The first-order valence-corrected chi connectivity index (χ1v) is 13.9. The number of hydrogen-bond acceptors (Lipinski definition) is 8. The van der Waals surface area contributed by atoms with Crippen molar-refractivity contribution in [3.8, 4) is 40.0 Å². The van der Waals surface area contributed by atoms with E-state index in [1.165, 1.54) is 7.11 Å². The molecular weight excluding hydrogens is 522 g/mol. The van der Waals surface area contributed by atoms with Gasteiger partial charge in [0.25, 0.3) is 5.91 Å². The van der Waals surface area contributed by atoms with Crippen molar-refractivity contribution in [2.75, 3.05) is 33.4 Å². The minimum absolute atomic E-state index is 0.0355. The van der Waals surface area contributed by atoms with Gasteiger partial charge in [0, 0.05) is 49.3 Å². The molecule has 2 fully saturated rings. The van der Waals surface area contributed by atoms with E-state index in [0.29, 0.717) is 78.6 Å². The third-order valence-electron chi connectivity index (χ3n) is 7.75. The number of aliphatic hydroxyl groups excluding tert-OH is 1. The molecule has 0 unspecified atom stereocenters. The summed E-state index contributed by atoms with van der Waals surface area (Å²) in [6.07, 6.45) is 4.14. The molecule has 0 spiro atoms. The van der Waals surface area contributed by atoms with Crippen LogP contribution in [-0.2, 0) is 4.74 Å². The van der Waals surface area contributed by atoms with Crippen molar-refractivity contribution in [1.29, 1.82) is 5.26 Å². The van der Waals surface area contributed by atoms with Crippen molar-refractivity contribution in [2.24, 2.45) is 0 Å². The van der Waals surface area contributed by atoms with Crippen LogP contribution in [0.3, 0.4) is 0 Å². The maximum absolute atomic E-state index is 13.2. The van der Waals surface area contributed by atoms with Crippen molar-refractivity contribution in [3.05, 3.63) is 65.9 Å².